The van der Waals surface area contributed by atoms with Crippen molar-refractivity contribution < 1.29 is 4.79 Å². The number of nitrogens with zero attached hydrogens (tertiary/aromatic N) is 3. The molecule has 124 valence electrons. The lowest BCUT2D eigenvalue weighted by molar-refractivity contribution is -0.163. The van der Waals surface area contributed by atoms with E-state index in [1.165, 1.54) is 37.7 Å². The molecule has 0 bridgehead atoms. The summed E-state index contributed by atoms with van der Waals surface area (Å²) in [6, 6.07) is 11.2. The lowest BCUT2D eigenvalue weighted by Crippen LogP contribution is -2.61. The van der Waals surface area contributed by atoms with Crippen LogP contribution in [0.25, 0.3) is 0 Å². The zero-order valence-corrected chi connectivity index (χ0v) is 13.9. The summed E-state index contributed by atoms with van der Waals surface area (Å²) in [5, 5.41) is 4.44. The predicted octanol–water partition coefficient (Wildman–Crippen LogP) is 2.86. The molecule has 3 aliphatic rings. The number of carbonyl (C=O) groups is 1. The maximum atomic E-state index is 12.3. The summed E-state index contributed by atoms with van der Waals surface area (Å²) in [7, 11) is 0. The zero-order chi connectivity index (χ0) is 15.6. The van der Waals surface area contributed by atoms with E-state index in [0.717, 1.165) is 32.2 Å². The van der Waals surface area contributed by atoms with Crippen LogP contribution in [0.2, 0.25) is 0 Å². The van der Waals surface area contributed by atoms with E-state index in [9.17, 15) is 4.79 Å². The Balaban J connectivity index is 1.51. The third-order valence-corrected chi connectivity index (χ3v) is 5.76. The largest absolute Gasteiger partial charge is 0.279 e. The van der Waals surface area contributed by atoms with Gasteiger partial charge < -0.3 is 0 Å². The van der Waals surface area contributed by atoms with E-state index >= 15 is 0 Å². The Morgan fingerprint density at radius 3 is 2.61 bits per heavy atom. The van der Waals surface area contributed by atoms with Crippen LogP contribution >= 0.6 is 0 Å². The molecule has 0 spiro atoms. The molecule has 1 atom stereocenters. The van der Waals surface area contributed by atoms with Gasteiger partial charge in [-0.3, -0.25) is 14.7 Å². The average Bonchev–Trinajstić information content (AvgIpc) is 2.97. The Morgan fingerprint density at radius 2 is 1.83 bits per heavy atom. The maximum absolute atomic E-state index is 12.3. The van der Waals surface area contributed by atoms with Crippen LogP contribution < -0.4 is 0 Å². The van der Waals surface area contributed by atoms with E-state index in [-0.39, 0.29) is 0 Å². The lowest BCUT2D eigenvalue weighted by Gasteiger charge is -2.48. The summed E-state index contributed by atoms with van der Waals surface area (Å²) in [6.45, 7) is 3.74. The number of fused-ring (bicyclic) bond motifs is 1. The average molecular weight is 313 g/mol. The van der Waals surface area contributed by atoms with Crippen molar-refractivity contribution in [1.29, 1.82) is 0 Å². The fourth-order valence-corrected chi connectivity index (χ4v) is 4.58. The highest BCUT2D eigenvalue weighted by Gasteiger charge is 2.42. The number of benzene rings is 1. The maximum Gasteiger partial charge on any atom is 0.239 e. The van der Waals surface area contributed by atoms with Gasteiger partial charge in [0.1, 0.15) is 0 Å². The summed E-state index contributed by atoms with van der Waals surface area (Å²) < 4.78 is 0. The Morgan fingerprint density at radius 1 is 1.04 bits per heavy atom. The van der Waals surface area contributed by atoms with Gasteiger partial charge >= 0.3 is 0 Å². The predicted molar refractivity (Wildman–Crippen MR) is 90.3 cm³/mol. The fourth-order valence-electron chi connectivity index (χ4n) is 4.58. The minimum absolute atomic E-state index is 0.309. The molecule has 1 unspecified atom stereocenters. The van der Waals surface area contributed by atoms with Crippen molar-refractivity contribution in [2.24, 2.45) is 5.92 Å². The minimum Gasteiger partial charge on any atom is -0.279 e. The topological polar surface area (TPSA) is 26.8 Å². The van der Waals surface area contributed by atoms with E-state index in [0.29, 0.717) is 18.4 Å². The van der Waals surface area contributed by atoms with Crippen molar-refractivity contribution in [2.45, 2.75) is 51.1 Å². The van der Waals surface area contributed by atoms with Gasteiger partial charge in [-0.25, -0.2) is 5.01 Å². The minimum atomic E-state index is 0.309. The van der Waals surface area contributed by atoms with Crippen LogP contribution in [0.3, 0.4) is 0 Å². The molecule has 1 amide bonds. The first-order valence-corrected chi connectivity index (χ1v) is 9.14. The second-order valence-electron chi connectivity index (χ2n) is 7.31. The molecule has 0 aromatic heterocycles. The molecule has 1 aliphatic carbocycles. The first-order chi connectivity index (χ1) is 11.3. The van der Waals surface area contributed by atoms with Crippen molar-refractivity contribution in [2.75, 3.05) is 19.8 Å². The molecular formula is C19H27N3O. The summed E-state index contributed by atoms with van der Waals surface area (Å²) in [4.78, 5) is 14.8. The molecule has 4 nitrogen and oxygen atoms in total. The van der Waals surface area contributed by atoms with Crippen LogP contribution in [-0.4, -0.2) is 46.6 Å². The molecule has 3 fully saturated rings. The van der Waals surface area contributed by atoms with Gasteiger partial charge in [-0.1, -0.05) is 49.6 Å². The van der Waals surface area contributed by atoms with E-state index in [1.54, 1.807) is 0 Å². The van der Waals surface area contributed by atoms with Crippen molar-refractivity contribution in [1.82, 2.24) is 14.9 Å². The van der Waals surface area contributed by atoms with Gasteiger partial charge in [-0.2, -0.15) is 0 Å². The summed E-state index contributed by atoms with van der Waals surface area (Å²) >= 11 is 0. The van der Waals surface area contributed by atoms with Crippen LogP contribution in [0.5, 0.6) is 0 Å². The molecule has 0 N–H and O–H groups in total. The van der Waals surface area contributed by atoms with Gasteiger partial charge in [0.15, 0.2) is 0 Å². The normalized spacial score (nSPS) is 27.4. The van der Waals surface area contributed by atoms with Crippen LogP contribution in [0.15, 0.2) is 30.3 Å². The molecule has 2 saturated heterocycles. The highest BCUT2D eigenvalue weighted by Crippen LogP contribution is 2.34. The van der Waals surface area contributed by atoms with Gasteiger partial charge in [-0.15, -0.1) is 0 Å². The quantitative estimate of drug-likeness (QED) is 0.858. The summed E-state index contributed by atoms with van der Waals surface area (Å²) in [6.07, 6.45) is 7.48. The fraction of sp³-hybridized carbons (Fsp3) is 0.632. The first-order valence-electron chi connectivity index (χ1n) is 9.14. The Hall–Kier alpha value is -1.39. The van der Waals surface area contributed by atoms with Gasteiger partial charge in [0, 0.05) is 32.1 Å². The highest BCUT2D eigenvalue weighted by molar-refractivity contribution is 5.77. The Bertz CT molecular complexity index is 541. The number of hydrogen-bond donors (Lipinski definition) is 0. The standard InChI is InChI=1S/C19H27N3O/c23-19-11-12-21-18(17-9-5-2-6-10-17)14-20(15-22(19)21)13-16-7-3-1-4-8-16/h1,3-4,7-8,17-18H,2,5-6,9-15H2. The molecule has 1 aromatic carbocycles. The molecule has 1 aromatic rings. The smallest absolute Gasteiger partial charge is 0.239 e. The first kappa shape index (κ1) is 15.2. The second-order valence-corrected chi connectivity index (χ2v) is 7.31. The molecule has 2 aliphatic heterocycles. The molecule has 0 radical (unpaired) electrons. The Kier molecular flexibility index (Phi) is 4.36. The SMILES string of the molecule is O=C1CCN2C(C3CCCCC3)CN(Cc3ccccc3)CN12. The highest BCUT2D eigenvalue weighted by atomic mass is 16.2. The molecule has 2 heterocycles. The van der Waals surface area contributed by atoms with E-state index in [1.807, 2.05) is 5.01 Å². The summed E-state index contributed by atoms with van der Waals surface area (Å²) in [5.41, 5.74) is 1.34. The van der Waals surface area contributed by atoms with Gasteiger partial charge in [0.05, 0.1) is 6.67 Å². The van der Waals surface area contributed by atoms with Crippen molar-refractivity contribution >= 4 is 5.91 Å². The van der Waals surface area contributed by atoms with E-state index in [2.05, 4.69) is 40.2 Å². The second kappa shape index (κ2) is 6.62. The number of hydrogen-bond acceptors (Lipinski definition) is 3. The van der Waals surface area contributed by atoms with Gasteiger partial charge in [0.25, 0.3) is 0 Å². The van der Waals surface area contributed by atoms with Crippen molar-refractivity contribution in [3.05, 3.63) is 35.9 Å². The van der Waals surface area contributed by atoms with Crippen LogP contribution in [0, 0.1) is 5.92 Å². The number of carbonyl (C=O) groups excluding carboxylic acids is 1. The van der Waals surface area contributed by atoms with E-state index in [4.69, 9.17) is 0 Å². The van der Waals surface area contributed by atoms with Crippen LogP contribution in [0.4, 0.5) is 0 Å². The molecule has 1 saturated carbocycles. The summed E-state index contributed by atoms with van der Waals surface area (Å²) in [5.74, 6) is 1.07. The van der Waals surface area contributed by atoms with Crippen molar-refractivity contribution in [3.63, 3.8) is 0 Å². The molecular weight excluding hydrogens is 286 g/mol. The van der Waals surface area contributed by atoms with Crippen LogP contribution in [0.1, 0.15) is 44.1 Å². The third-order valence-electron chi connectivity index (χ3n) is 5.76. The molecule has 4 heteroatoms. The Labute approximate surface area is 139 Å². The number of amides is 1. The van der Waals surface area contributed by atoms with Crippen molar-refractivity contribution in [3.8, 4) is 0 Å². The third kappa shape index (κ3) is 3.15. The monoisotopic (exact) mass is 313 g/mol. The zero-order valence-electron chi connectivity index (χ0n) is 13.9. The molecule has 4 rings (SSSR count). The van der Waals surface area contributed by atoms with Crippen LogP contribution in [-0.2, 0) is 11.3 Å². The molecule has 23 heavy (non-hydrogen) atoms. The van der Waals surface area contributed by atoms with Gasteiger partial charge in [0.2, 0.25) is 5.91 Å². The van der Waals surface area contributed by atoms with Gasteiger partial charge in [-0.05, 0) is 24.3 Å². The number of hydrazine groups is 1. The lowest BCUT2D eigenvalue weighted by atomic mass is 9.83. The van der Waals surface area contributed by atoms with E-state index < -0.39 is 0 Å². The number of rotatable bonds is 3.